The third-order valence-electron chi connectivity index (χ3n) is 3.44. The first kappa shape index (κ1) is 24.1. The van der Waals surface area contributed by atoms with Crippen molar-refractivity contribution in [3.63, 3.8) is 0 Å². The molecule has 0 aliphatic rings. The Morgan fingerprint density at radius 1 is 0.792 bits per heavy atom. The predicted octanol–water partition coefficient (Wildman–Crippen LogP) is 5.90. The van der Waals surface area contributed by atoms with Crippen LogP contribution < -0.4 is 0 Å². The number of halogens is 7. The summed E-state index contributed by atoms with van der Waals surface area (Å²) in [5.74, 6) is -11.6. The third-order valence-corrected chi connectivity index (χ3v) is 7.04. The van der Waals surface area contributed by atoms with E-state index in [9.17, 15) is 33.8 Å². The summed E-state index contributed by atoms with van der Waals surface area (Å²) >= 11 is -4.65. The first-order valence-electron chi connectivity index (χ1n) is 7.93. The maximum absolute atomic E-state index is 13.0. The van der Waals surface area contributed by atoms with Gasteiger partial charge in [0, 0.05) is 0 Å². The molecule has 2 nitrogen and oxygen atoms in total. The maximum atomic E-state index is 13.0. The molecular formula is C14H23F7O2Sn. The van der Waals surface area contributed by atoms with Crippen molar-refractivity contribution in [3.8, 4) is 0 Å². The molecule has 24 heavy (non-hydrogen) atoms. The summed E-state index contributed by atoms with van der Waals surface area (Å²) in [4.78, 5) is 0. The van der Waals surface area contributed by atoms with Gasteiger partial charge < -0.3 is 0 Å². The van der Waals surface area contributed by atoms with Crippen LogP contribution in [0.2, 0.25) is 4.44 Å². The summed E-state index contributed by atoms with van der Waals surface area (Å²) in [6.45, 7) is 1.94. The van der Waals surface area contributed by atoms with Gasteiger partial charge in [-0.15, -0.1) is 0 Å². The molecule has 0 atom stereocenters. The van der Waals surface area contributed by atoms with E-state index in [1.54, 1.807) is 0 Å². The molecule has 0 amide bonds. The van der Waals surface area contributed by atoms with E-state index in [-0.39, 0.29) is 6.61 Å². The quantitative estimate of drug-likeness (QED) is 0.189. The van der Waals surface area contributed by atoms with E-state index in [0.717, 1.165) is 38.5 Å². The fourth-order valence-corrected chi connectivity index (χ4v) is 4.99. The van der Waals surface area contributed by atoms with Crippen molar-refractivity contribution in [1.82, 2.24) is 0 Å². The van der Waals surface area contributed by atoms with Crippen LogP contribution in [-0.2, 0) is 6.15 Å². The van der Waals surface area contributed by atoms with Crippen molar-refractivity contribution in [3.05, 3.63) is 0 Å². The summed E-state index contributed by atoms with van der Waals surface area (Å²) < 4.78 is 101. The molecule has 0 aliphatic carbocycles. The molecule has 0 aliphatic heterocycles. The Kier molecular flexibility index (Phi) is 11.0. The molecule has 0 aromatic carbocycles. The summed E-state index contributed by atoms with van der Waals surface area (Å²) in [5, 5.41) is 0. The van der Waals surface area contributed by atoms with Gasteiger partial charge in [0.1, 0.15) is 0 Å². The van der Waals surface area contributed by atoms with Crippen LogP contribution in [0.4, 0.5) is 30.7 Å². The molecule has 0 heterocycles. The van der Waals surface area contributed by atoms with E-state index >= 15 is 0 Å². The summed E-state index contributed by atoms with van der Waals surface area (Å²) in [6, 6.07) is 0. The molecular weight excluding hydrogens is 452 g/mol. The van der Waals surface area contributed by atoms with Gasteiger partial charge in [0.05, 0.1) is 0 Å². The Hall–Kier alpha value is 0.0687. The van der Waals surface area contributed by atoms with Crippen LogP contribution in [0.1, 0.15) is 58.3 Å². The summed E-state index contributed by atoms with van der Waals surface area (Å²) in [5.41, 5.74) is 0. The van der Waals surface area contributed by atoms with Crippen molar-refractivity contribution in [2.24, 2.45) is 0 Å². The first-order chi connectivity index (χ1) is 11.0. The summed E-state index contributed by atoms with van der Waals surface area (Å²) in [7, 11) is 0. The zero-order valence-electron chi connectivity index (χ0n) is 13.5. The molecule has 10 heteroatoms. The second kappa shape index (κ2) is 10.9. The van der Waals surface area contributed by atoms with Crippen molar-refractivity contribution in [1.29, 1.82) is 0 Å². The van der Waals surface area contributed by atoms with Crippen LogP contribution in [0.15, 0.2) is 0 Å². The van der Waals surface area contributed by atoms with Gasteiger partial charge in [0.25, 0.3) is 0 Å². The molecule has 0 radical (unpaired) electrons. The van der Waals surface area contributed by atoms with Crippen LogP contribution in [0.25, 0.3) is 0 Å². The Balaban J connectivity index is 3.98. The van der Waals surface area contributed by atoms with E-state index in [2.05, 4.69) is 10.00 Å². The van der Waals surface area contributed by atoms with Crippen molar-refractivity contribution >= 4 is 20.2 Å². The van der Waals surface area contributed by atoms with Crippen LogP contribution in [-0.4, -0.2) is 44.8 Å². The van der Waals surface area contributed by atoms with Gasteiger partial charge in [-0.1, -0.05) is 0 Å². The molecule has 0 saturated carbocycles. The molecule has 144 valence electrons. The van der Waals surface area contributed by atoms with Gasteiger partial charge in [-0.05, 0) is 0 Å². The number of hydrogen-bond acceptors (Lipinski definition) is 2. The number of rotatable bonds is 13. The van der Waals surface area contributed by atoms with Gasteiger partial charge in [0.2, 0.25) is 0 Å². The molecule has 0 rings (SSSR count). The number of unbranched alkanes of at least 4 members (excludes halogenated alkanes) is 7. The Bertz CT molecular complexity index is 373. The van der Waals surface area contributed by atoms with Gasteiger partial charge in [-0.3, -0.25) is 0 Å². The van der Waals surface area contributed by atoms with Crippen molar-refractivity contribution in [2.45, 2.75) is 80.7 Å². The average molecular weight is 475 g/mol. The zero-order chi connectivity index (χ0) is 18.9. The molecule has 0 fully saturated rings. The standard InChI is InChI=1S/C10H21O.C4H2F7.O.Sn/c1-2-3-4-5-6-7-8-9-10-11;1-2(5,6)3(7,8)4(9,10)11;;/h2-10H2,1H3;1H2;;/q-1;;;+1. The molecule has 0 unspecified atom stereocenters. The van der Waals surface area contributed by atoms with Crippen LogP contribution in [0.3, 0.4) is 0 Å². The summed E-state index contributed by atoms with van der Waals surface area (Å²) in [6.07, 6.45) is 1.11. The molecule has 0 N–H and O–H groups in total. The molecule has 0 aromatic rings. The molecule has 0 bridgehead atoms. The average Bonchev–Trinajstić information content (AvgIpc) is 2.43. The van der Waals surface area contributed by atoms with E-state index in [1.165, 1.54) is 0 Å². The van der Waals surface area contributed by atoms with Gasteiger partial charge in [-0.2, -0.15) is 0 Å². The van der Waals surface area contributed by atoms with Crippen LogP contribution in [0.5, 0.6) is 0 Å². The second-order valence-corrected chi connectivity index (χ2v) is 9.61. The van der Waals surface area contributed by atoms with Crippen molar-refractivity contribution < 1.29 is 36.9 Å². The molecule has 0 spiro atoms. The van der Waals surface area contributed by atoms with E-state index in [1.807, 2.05) is 0 Å². The topological polar surface area (TPSA) is 26.3 Å². The molecule has 0 saturated heterocycles. The third kappa shape index (κ3) is 8.44. The second-order valence-electron chi connectivity index (χ2n) is 5.65. The Morgan fingerprint density at radius 2 is 1.25 bits per heavy atom. The number of hydrogen-bond donors (Lipinski definition) is 0. The fourth-order valence-electron chi connectivity index (χ4n) is 1.97. The number of alkyl halides is 7. The normalized spacial score (nSPS) is 13.3. The minimum atomic E-state index is -6.39. The first-order valence-corrected chi connectivity index (χ1v) is 12.3. The van der Waals surface area contributed by atoms with E-state index in [4.69, 9.17) is 0 Å². The monoisotopic (exact) mass is 476 g/mol. The minimum absolute atomic E-state index is 0.152. The van der Waals surface area contributed by atoms with E-state index < -0.39 is 42.6 Å². The van der Waals surface area contributed by atoms with E-state index in [0.29, 0.717) is 12.8 Å². The fraction of sp³-hybridized carbons (Fsp3) is 1.00. The Morgan fingerprint density at radius 3 is 1.71 bits per heavy atom. The molecule has 0 aromatic heterocycles. The SMILES string of the molecule is CCCCCCCCCC[O][Sn](=[O])[CH2]C(F)(F)C(F)(F)C(F)(F)F. The van der Waals surface area contributed by atoms with Crippen LogP contribution in [0, 0.1) is 0 Å². The van der Waals surface area contributed by atoms with Gasteiger partial charge in [0.15, 0.2) is 0 Å². The zero-order valence-corrected chi connectivity index (χ0v) is 16.4. The van der Waals surface area contributed by atoms with Crippen molar-refractivity contribution in [2.75, 3.05) is 6.61 Å². The van der Waals surface area contributed by atoms with Gasteiger partial charge >= 0.3 is 144 Å². The predicted molar refractivity (Wildman–Crippen MR) is 75.8 cm³/mol. The van der Waals surface area contributed by atoms with Gasteiger partial charge in [-0.25, -0.2) is 0 Å². The van der Waals surface area contributed by atoms with Crippen LogP contribution >= 0.6 is 0 Å². The Labute approximate surface area is 144 Å².